The van der Waals surface area contributed by atoms with Crippen LogP contribution in [-0.2, 0) is 6.42 Å². The van der Waals surface area contributed by atoms with E-state index < -0.39 is 0 Å². The van der Waals surface area contributed by atoms with Crippen molar-refractivity contribution in [3.63, 3.8) is 0 Å². The summed E-state index contributed by atoms with van der Waals surface area (Å²) < 4.78 is 17.2. The third-order valence-corrected chi connectivity index (χ3v) is 4.46. The molecule has 0 spiro atoms. The van der Waals surface area contributed by atoms with Gasteiger partial charge in [-0.15, -0.1) is 0 Å². The number of amides is 1. The van der Waals surface area contributed by atoms with Crippen molar-refractivity contribution >= 4 is 5.91 Å². The van der Waals surface area contributed by atoms with Crippen molar-refractivity contribution in [2.24, 2.45) is 0 Å². The predicted octanol–water partition coefficient (Wildman–Crippen LogP) is 2.23. The summed E-state index contributed by atoms with van der Waals surface area (Å²) in [6, 6.07) is 15.4. The van der Waals surface area contributed by atoms with Gasteiger partial charge in [0.05, 0.1) is 27.0 Å². The molecule has 1 N–H and O–H groups in total. The zero-order valence-electron chi connectivity index (χ0n) is 17.0. The third-order valence-electron chi connectivity index (χ3n) is 4.46. The second-order valence-corrected chi connectivity index (χ2v) is 6.34. The summed E-state index contributed by atoms with van der Waals surface area (Å²) >= 11 is 0. The predicted molar refractivity (Wildman–Crippen MR) is 112 cm³/mol. The van der Waals surface area contributed by atoms with Gasteiger partial charge in [-0.1, -0.05) is 18.2 Å². The number of nitrogens with one attached hydrogen (secondary N) is 1. The van der Waals surface area contributed by atoms with Crippen LogP contribution in [0.15, 0.2) is 59.4 Å². The Morgan fingerprint density at radius 2 is 1.63 bits per heavy atom. The Labute approximate surface area is 174 Å². The van der Waals surface area contributed by atoms with E-state index in [0.717, 1.165) is 5.56 Å². The van der Waals surface area contributed by atoms with E-state index >= 15 is 0 Å². The highest BCUT2D eigenvalue weighted by Crippen LogP contribution is 2.38. The molecule has 0 saturated carbocycles. The Morgan fingerprint density at radius 3 is 2.23 bits per heavy atom. The quantitative estimate of drug-likeness (QED) is 0.614. The number of methoxy groups -OCH3 is 3. The minimum Gasteiger partial charge on any atom is -0.493 e. The number of para-hydroxylation sites is 1. The Morgan fingerprint density at radius 1 is 0.967 bits per heavy atom. The van der Waals surface area contributed by atoms with Gasteiger partial charge in [0.1, 0.15) is 5.69 Å². The van der Waals surface area contributed by atoms with Crippen LogP contribution >= 0.6 is 0 Å². The summed E-state index contributed by atoms with van der Waals surface area (Å²) in [6.45, 7) is 0.365. The van der Waals surface area contributed by atoms with E-state index in [0.29, 0.717) is 35.9 Å². The van der Waals surface area contributed by atoms with E-state index in [1.807, 2.05) is 18.2 Å². The van der Waals surface area contributed by atoms with Crippen LogP contribution in [0.3, 0.4) is 0 Å². The molecule has 0 radical (unpaired) electrons. The first-order valence-corrected chi connectivity index (χ1v) is 9.30. The number of hydrogen-bond donors (Lipinski definition) is 1. The Bertz CT molecular complexity index is 1050. The molecule has 0 saturated heterocycles. The molecule has 0 unspecified atom stereocenters. The molecule has 0 atom stereocenters. The van der Waals surface area contributed by atoms with E-state index in [-0.39, 0.29) is 17.2 Å². The van der Waals surface area contributed by atoms with E-state index in [1.54, 1.807) is 45.6 Å². The number of hydrogen-bond acceptors (Lipinski definition) is 6. The smallest absolute Gasteiger partial charge is 0.271 e. The molecule has 30 heavy (non-hydrogen) atoms. The summed E-state index contributed by atoms with van der Waals surface area (Å²) in [5.74, 6) is 1.25. The average Bonchev–Trinajstić information content (AvgIpc) is 2.79. The molecule has 8 nitrogen and oxygen atoms in total. The summed E-state index contributed by atoms with van der Waals surface area (Å²) in [6.07, 6.45) is 0.542. The number of benzene rings is 2. The maximum absolute atomic E-state index is 12.5. The molecule has 0 bridgehead atoms. The molecule has 3 aromatic rings. The SMILES string of the molecule is COc1cc(CCNC(=O)c2ccc(=O)n(-c3ccccc3)n2)cc(OC)c1OC. The van der Waals surface area contributed by atoms with E-state index in [9.17, 15) is 9.59 Å². The van der Waals surface area contributed by atoms with Crippen molar-refractivity contribution in [3.05, 3.63) is 76.2 Å². The van der Waals surface area contributed by atoms with Crippen LogP contribution < -0.4 is 25.1 Å². The first kappa shape index (κ1) is 20.9. The third kappa shape index (κ3) is 4.60. The second-order valence-electron chi connectivity index (χ2n) is 6.34. The van der Waals surface area contributed by atoms with E-state index in [4.69, 9.17) is 14.2 Å². The maximum atomic E-state index is 12.5. The Kier molecular flexibility index (Phi) is 6.69. The van der Waals surface area contributed by atoms with Crippen LogP contribution in [0.4, 0.5) is 0 Å². The highest BCUT2D eigenvalue weighted by atomic mass is 16.5. The van der Waals surface area contributed by atoms with Crippen molar-refractivity contribution in [3.8, 4) is 22.9 Å². The van der Waals surface area contributed by atoms with E-state index in [2.05, 4.69) is 10.4 Å². The van der Waals surface area contributed by atoms with Crippen molar-refractivity contribution < 1.29 is 19.0 Å². The van der Waals surface area contributed by atoms with Crippen LogP contribution in [-0.4, -0.2) is 43.6 Å². The summed E-state index contributed by atoms with van der Waals surface area (Å²) in [5, 5.41) is 7.00. The summed E-state index contributed by atoms with van der Waals surface area (Å²) in [4.78, 5) is 24.6. The van der Waals surface area contributed by atoms with Gasteiger partial charge in [0.15, 0.2) is 11.5 Å². The van der Waals surface area contributed by atoms with Crippen molar-refractivity contribution in [2.45, 2.75) is 6.42 Å². The van der Waals surface area contributed by atoms with Crippen LogP contribution in [0.2, 0.25) is 0 Å². The van der Waals surface area contributed by atoms with Crippen molar-refractivity contribution in [1.82, 2.24) is 15.1 Å². The number of aromatic nitrogens is 2. The fraction of sp³-hybridized carbons (Fsp3) is 0.227. The Balaban J connectivity index is 1.70. The molecular weight excluding hydrogens is 386 g/mol. The van der Waals surface area contributed by atoms with Crippen LogP contribution in [0, 0.1) is 0 Å². The molecule has 0 aliphatic carbocycles. The number of carbonyl (C=O) groups excluding carboxylic acids is 1. The normalized spacial score (nSPS) is 10.4. The topological polar surface area (TPSA) is 91.7 Å². The monoisotopic (exact) mass is 409 g/mol. The summed E-state index contributed by atoms with van der Waals surface area (Å²) in [5.41, 5.74) is 1.35. The van der Waals surface area contributed by atoms with Crippen LogP contribution in [0.25, 0.3) is 5.69 Å². The van der Waals surface area contributed by atoms with Gasteiger partial charge in [0.2, 0.25) is 5.75 Å². The molecule has 1 amide bonds. The van der Waals surface area contributed by atoms with Gasteiger partial charge in [0.25, 0.3) is 11.5 Å². The van der Waals surface area contributed by atoms with Crippen LogP contribution in [0.5, 0.6) is 17.2 Å². The fourth-order valence-electron chi connectivity index (χ4n) is 2.98. The molecular formula is C22H23N3O5. The zero-order chi connectivity index (χ0) is 21.5. The number of carbonyl (C=O) groups is 1. The molecule has 0 aliphatic heterocycles. The van der Waals surface area contributed by atoms with Crippen LogP contribution in [0.1, 0.15) is 16.1 Å². The molecule has 3 rings (SSSR count). The summed E-state index contributed by atoms with van der Waals surface area (Å²) in [7, 11) is 4.65. The average molecular weight is 409 g/mol. The van der Waals surface area contributed by atoms with Gasteiger partial charge in [-0.2, -0.15) is 9.78 Å². The molecule has 8 heteroatoms. The standard InChI is InChI=1S/C22H23N3O5/c1-28-18-13-15(14-19(29-2)21(18)30-3)11-12-23-22(27)17-9-10-20(26)25(24-17)16-7-5-4-6-8-16/h4-10,13-14H,11-12H2,1-3H3,(H,23,27). The van der Waals surface area contributed by atoms with Gasteiger partial charge in [-0.25, -0.2) is 0 Å². The van der Waals surface area contributed by atoms with Gasteiger partial charge in [-0.05, 0) is 42.3 Å². The molecule has 0 fully saturated rings. The molecule has 0 aliphatic rings. The lowest BCUT2D eigenvalue weighted by Crippen LogP contribution is -2.30. The first-order chi connectivity index (χ1) is 14.6. The minimum atomic E-state index is -0.368. The minimum absolute atomic E-state index is 0.156. The highest BCUT2D eigenvalue weighted by Gasteiger charge is 2.14. The molecule has 1 heterocycles. The number of rotatable bonds is 8. The van der Waals surface area contributed by atoms with Gasteiger partial charge < -0.3 is 19.5 Å². The largest absolute Gasteiger partial charge is 0.493 e. The van der Waals surface area contributed by atoms with Gasteiger partial charge >= 0.3 is 0 Å². The van der Waals surface area contributed by atoms with E-state index in [1.165, 1.54) is 16.8 Å². The van der Waals surface area contributed by atoms with Crippen molar-refractivity contribution in [2.75, 3.05) is 27.9 Å². The zero-order valence-corrected chi connectivity index (χ0v) is 17.0. The fourth-order valence-corrected chi connectivity index (χ4v) is 2.98. The maximum Gasteiger partial charge on any atom is 0.271 e. The second kappa shape index (κ2) is 9.60. The Hall–Kier alpha value is -3.81. The lowest BCUT2D eigenvalue weighted by molar-refractivity contribution is 0.0947. The highest BCUT2D eigenvalue weighted by molar-refractivity contribution is 5.92. The lowest BCUT2D eigenvalue weighted by Gasteiger charge is -2.14. The van der Waals surface area contributed by atoms with Gasteiger partial charge in [-0.3, -0.25) is 9.59 Å². The van der Waals surface area contributed by atoms with Crippen molar-refractivity contribution in [1.29, 1.82) is 0 Å². The molecule has 2 aromatic carbocycles. The first-order valence-electron chi connectivity index (χ1n) is 9.30. The van der Waals surface area contributed by atoms with Gasteiger partial charge in [0, 0.05) is 12.6 Å². The molecule has 1 aromatic heterocycles. The molecule has 156 valence electrons. The number of nitrogens with zero attached hydrogens (tertiary/aromatic N) is 2. The number of ether oxygens (including phenoxy) is 3. The lowest BCUT2D eigenvalue weighted by atomic mass is 10.1.